The second kappa shape index (κ2) is 12.2. The largest absolute Gasteiger partial charge is 0.354 e. The van der Waals surface area contributed by atoms with E-state index in [-0.39, 0.29) is 15.6 Å². The van der Waals surface area contributed by atoms with Crippen molar-refractivity contribution in [3.8, 4) is 0 Å². The van der Waals surface area contributed by atoms with E-state index >= 15 is 0 Å². The van der Waals surface area contributed by atoms with Crippen LogP contribution in [0.5, 0.6) is 0 Å². The lowest BCUT2D eigenvalue weighted by molar-refractivity contribution is -0.119. The van der Waals surface area contributed by atoms with Gasteiger partial charge in [-0.1, -0.05) is 64.6 Å². The summed E-state index contributed by atoms with van der Waals surface area (Å²) in [5, 5.41) is 3.96. The van der Waals surface area contributed by atoms with Crippen molar-refractivity contribution in [3.05, 3.63) is 92.9 Å². The molecule has 0 atom stereocenters. The highest BCUT2D eigenvalue weighted by Crippen LogP contribution is 2.30. The molecule has 3 aromatic rings. The van der Waals surface area contributed by atoms with Gasteiger partial charge in [-0.15, -0.1) is 0 Å². The number of aryl methyl sites for hydroxylation is 1. The first-order valence-electron chi connectivity index (χ1n) is 10.3. The van der Waals surface area contributed by atoms with Gasteiger partial charge in [0.05, 0.1) is 20.6 Å². The maximum absolute atomic E-state index is 13.4. The van der Waals surface area contributed by atoms with Crippen LogP contribution >= 0.6 is 46.6 Å². The van der Waals surface area contributed by atoms with E-state index in [1.807, 2.05) is 31.2 Å². The molecule has 5 nitrogen and oxygen atoms in total. The molecule has 1 N–H and O–H groups in total. The van der Waals surface area contributed by atoms with E-state index in [2.05, 4.69) is 5.32 Å². The molecule has 34 heavy (non-hydrogen) atoms. The highest BCUT2D eigenvalue weighted by Gasteiger charge is 2.27. The Morgan fingerprint density at radius 1 is 0.971 bits per heavy atom. The van der Waals surface area contributed by atoms with Crippen molar-refractivity contribution in [1.29, 1.82) is 0 Å². The van der Waals surface area contributed by atoms with E-state index in [4.69, 9.17) is 34.8 Å². The molecule has 0 aromatic heterocycles. The summed E-state index contributed by atoms with van der Waals surface area (Å²) in [7, 11) is -4.02. The Bertz CT molecular complexity index is 1250. The number of nitrogens with one attached hydrogen (secondary N) is 1. The van der Waals surface area contributed by atoms with Gasteiger partial charge in [0.15, 0.2) is 0 Å². The minimum absolute atomic E-state index is 0.0778. The lowest BCUT2D eigenvalue weighted by Gasteiger charge is -2.24. The van der Waals surface area contributed by atoms with Crippen molar-refractivity contribution in [2.24, 2.45) is 0 Å². The number of amides is 1. The standard InChI is InChI=1S/C24H23Cl3N2O3S2/c1-17-5-8-21(9-6-17)34(31,32)29(20-7-10-22(26)23(27)14-20)15-24(30)28-11-12-33-16-18-3-2-4-19(25)13-18/h2-10,13-14H,11-12,15-16H2,1H3,(H,28,30). The first kappa shape index (κ1) is 26.7. The van der Waals surface area contributed by atoms with Gasteiger partial charge in [0.25, 0.3) is 10.0 Å². The maximum atomic E-state index is 13.4. The fraction of sp³-hybridized carbons (Fsp3) is 0.208. The van der Waals surface area contributed by atoms with Crippen molar-refractivity contribution in [3.63, 3.8) is 0 Å². The van der Waals surface area contributed by atoms with Crippen LogP contribution in [0.4, 0.5) is 5.69 Å². The lowest BCUT2D eigenvalue weighted by Crippen LogP contribution is -2.41. The minimum Gasteiger partial charge on any atom is -0.354 e. The molecule has 0 fully saturated rings. The number of halogens is 3. The van der Waals surface area contributed by atoms with Crippen LogP contribution in [0.15, 0.2) is 71.6 Å². The average molecular weight is 558 g/mol. The molecular weight excluding hydrogens is 535 g/mol. The summed E-state index contributed by atoms with van der Waals surface area (Å²) in [6, 6.07) is 18.5. The summed E-state index contributed by atoms with van der Waals surface area (Å²) in [6.07, 6.45) is 0. The summed E-state index contributed by atoms with van der Waals surface area (Å²) in [4.78, 5) is 12.8. The van der Waals surface area contributed by atoms with Crippen molar-refractivity contribution in [2.75, 3.05) is 23.1 Å². The van der Waals surface area contributed by atoms with E-state index in [1.165, 1.54) is 30.3 Å². The number of rotatable bonds is 10. The first-order chi connectivity index (χ1) is 16.2. The van der Waals surface area contributed by atoms with E-state index in [0.717, 1.165) is 21.2 Å². The monoisotopic (exact) mass is 556 g/mol. The van der Waals surface area contributed by atoms with E-state index in [1.54, 1.807) is 23.9 Å². The van der Waals surface area contributed by atoms with Gasteiger partial charge in [-0.2, -0.15) is 11.8 Å². The minimum atomic E-state index is -4.02. The third-order valence-corrected chi connectivity index (χ3v) is 8.61. The molecule has 0 saturated carbocycles. The van der Waals surface area contributed by atoms with E-state index in [0.29, 0.717) is 22.3 Å². The zero-order valence-electron chi connectivity index (χ0n) is 18.3. The van der Waals surface area contributed by atoms with Gasteiger partial charge in [0.1, 0.15) is 6.54 Å². The fourth-order valence-corrected chi connectivity index (χ4v) is 5.78. The predicted molar refractivity (Wildman–Crippen MR) is 143 cm³/mol. The van der Waals surface area contributed by atoms with Crippen LogP contribution in [0, 0.1) is 6.92 Å². The fourth-order valence-electron chi connectivity index (χ4n) is 3.06. The van der Waals surface area contributed by atoms with Gasteiger partial charge in [-0.05, 0) is 55.0 Å². The molecule has 3 rings (SSSR count). The summed E-state index contributed by atoms with van der Waals surface area (Å²) in [5.74, 6) is 0.994. The topological polar surface area (TPSA) is 66.5 Å². The van der Waals surface area contributed by atoms with Crippen LogP contribution in [0.1, 0.15) is 11.1 Å². The first-order valence-corrected chi connectivity index (χ1v) is 14.0. The average Bonchev–Trinajstić information content (AvgIpc) is 2.79. The number of hydrogen-bond donors (Lipinski definition) is 1. The number of thioether (sulfide) groups is 1. The zero-order valence-corrected chi connectivity index (χ0v) is 22.2. The Balaban J connectivity index is 1.67. The smallest absolute Gasteiger partial charge is 0.264 e. The number of carbonyl (C=O) groups is 1. The third-order valence-electron chi connectivity index (χ3n) is 4.81. The lowest BCUT2D eigenvalue weighted by atomic mass is 10.2. The van der Waals surface area contributed by atoms with Crippen molar-refractivity contribution in [1.82, 2.24) is 5.32 Å². The molecule has 1 amide bonds. The number of hydrogen-bond acceptors (Lipinski definition) is 4. The number of anilines is 1. The number of benzene rings is 3. The van der Waals surface area contributed by atoms with Crippen LogP contribution in [0.25, 0.3) is 0 Å². The summed E-state index contributed by atoms with van der Waals surface area (Å²) < 4.78 is 27.8. The highest BCUT2D eigenvalue weighted by molar-refractivity contribution is 7.98. The summed E-state index contributed by atoms with van der Waals surface area (Å²) >= 11 is 19.8. The van der Waals surface area contributed by atoms with Crippen LogP contribution in [0.2, 0.25) is 15.1 Å². The molecule has 3 aromatic carbocycles. The van der Waals surface area contributed by atoms with Crippen LogP contribution in [0.3, 0.4) is 0 Å². The highest BCUT2D eigenvalue weighted by atomic mass is 35.5. The molecule has 0 bridgehead atoms. The maximum Gasteiger partial charge on any atom is 0.264 e. The van der Waals surface area contributed by atoms with Crippen molar-refractivity contribution < 1.29 is 13.2 Å². The second-order valence-electron chi connectivity index (χ2n) is 7.46. The number of nitrogens with zero attached hydrogens (tertiary/aromatic N) is 1. The molecule has 0 saturated heterocycles. The normalized spacial score (nSPS) is 11.3. The van der Waals surface area contributed by atoms with Gasteiger partial charge < -0.3 is 5.32 Å². The third kappa shape index (κ3) is 7.30. The van der Waals surface area contributed by atoms with Crippen LogP contribution in [-0.4, -0.2) is 33.2 Å². The molecule has 0 aliphatic rings. The van der Waals surface area contributed by atoms with Gasteiger partial charge in [0, 0.05) is 23.1 Å². The second-order valence-corrected chi connectivity index (χ2v) is 11.7. The summed E-state index contributed by atoms with van der Waals surface area (Å²) in [6.45, 7) is 1.86. The van der Waals surface area contributed by atoms with Crippen molar-refractivity contribution in [2.45, 2.75) is 17.6 Å². The molecule has 0 heterocycles. The van der Waals surface area contributed by atoms with Crippen molar-refractivity contribution >= 4 is 68.2 Å². The zero-order chi connectivity index (χ0) is 24.7. The Hall–Kier alpha value is -1.90. The van der Waals surface area contributed by atoms with Gasteiger partial charge in [-0.25, -0.2) is 8.42 Å². The van der Waals surface area contributed by atoms with Gasteiger partial charge in [-0.3, -0.25) is 9.10 Å². The predicted octanol–water partition coefficient (Wildman–Crippen LogP) is 6.20. The molecular formula is C24H23Cl3N2O3S2. The van der Waals surface area contributed by atoms with Crippen LogP contribution < -0.4 is 9.62 Å². The van der Waals surface area contributed by atoms with Gasteiger partial charge >= 0.3 is 0 Å². The number of carbonyl (C=O) groups excluding carboxylic acids is 1. The molecule has 0 unspecified atom stereocenters. The van der Waals surface area contributed by atoms with E-state index in [9.17, 15) is 13.2 Å². The molecule has 0 aliphatic heterocycles. The van der Waals surface area contributed by atoms with E-state index < -0.39 is 22.5 Å². The van der Waals surface area contributed by atoms with Crippen LogP contribution in [-0.2, 0) is 20.6 Å². The molecule has 0 spiro atoms. The summed E-state index contributed by atoms with van der Waals surface area (Å²) in [5.41, 5.74) is 2.27. The molecule has 0 radical (unpaired) electrons. The Morgan fingerprint density at radius 3 is 2.38 bits per heavy atom. The molecule has 0 aliphatic carbocycles. The Labute approximate surface area is 219 Å². The Kier molecular flexibility index (Phi) is 9.56. The molecule has 10 heteroatoms. The quantitative estimate of drug-likeness (QED) is 0.301. The van der Waals surface area contributed by atoms with Gasteiger partial charge in [0.2, 0.25) is 5.91 Å². The SMILES string of the molecule is Cc1ccc(S(=O)(=O)N(CC(=O)NCCSCc2cccc(Cl)c2)c2ccc(Cl)c(Cl)c2)cc1. The Morgan fingerprint density at radius 2 is 1.71 bits per heavy atom. The number of sulfonamides is 1. The molecule has 180 valence electrons.